The highest BCUT2D eigenvalue weighted by Gasteiger charge is 2.20. The van der Waals surface area contributed by atoms with Crippen molar-refractivity contribution in [1.82, 2.24) is 19.7 Å². The summed E-state index contributed by atoms with van der Waals surface area (Å²) in [6.07, 6.45) is 6.99. The molecule has 0 spiro atoms. The van der Waals surface area contributed by atoms with Gasteiger partial charge in [0.05, 0.1) is 17.8 Å². The number of nitrogens with one attached hydrogen (secondary N) is 1. The molecule has 0 bridgehead atoms. The highest BCUT2D eigenvalue weighted by molar-refractivity contribution is 5.79. The van der Waals surface area contributed by atoms with Crippen LogP contribution >= 0.6 is 0 Å². The average Bonchev–Trinajstić information content (AvgIpc) is 3.01. The number of fused-ring (bicyclic) bond motifs is 1. The molecule has 2 heterocycles. The van der Waals surface area contributed by atoms with Crippen molar-refractivity contribution < 1.29 is 5.11 Å². The molecular weight excluding hydrogens is 290 g/mol. The van der Waals surface area contributed by atoms with Gasteiger partial charge in [-0.15, -0.1) is 0 Å². The van der Waals surface area contributed by atoms with Crippen LogP contribution in [0, 0.1) is 0 Å². The van der Waals surface area contributed by atoms with Crippen LogP contribution < -0.4 is 5.32 Å². The summed E-state index contributed by atoms with van der Waals surface area (Å²) in [6, 6.07) is 10.2. The molecule has 1 aromatic carbocycles. The Morgan fingerprint density at radius 1 is 1.09 bits per heavy atom. The molecule has 0 atom stereocenters. The molecule has 1 aliphatic carbocycles. The molecule has 23 heavy (non-hydrogen) atoms. The number of hydrogen-bond donors (Lipinski definition) is 2. The zero-order chi connectivity index (χ0) is 15.6. The van der Waals surface area contributed by atoms with Gasteiger partial charge < -0.3 is 10.4 Å². The Kier molecular flexibility index (Phi) is 3.67. The third kappa shape index (κ3) is 2.90. The van der Waals surface area contributed by atoms with Gasteiger partial charge >= 0.3 is 0 Å². The minimum absolute atomic E-state index is 0.157. The number of para-hydroxylation sites is 1. The highest BCUT2D eigenvalue weighted by Crippen LogP contribution is 2.22. The summed E-state index contributed by atoms with van der Waals surface area (Å²) < 4.78 is 1.83. The Balaban J connectivity index is 1.59. The normalized spacial score (nSPS) is 21.4. The Morgan fingerprint density at radius 2 is 1.91 bits per heavy atom. The fourth-order valence-corrected chi connectivity index (χ4v) is 3.09. The quantitative estimate of drug-likeness (QED) is 0.777. The van der Waals surface area contributed by atoms with E-state index in [0.717, 1.165) is 42.4 Å². The molecular formula is C17H19N5O. The molecule has 0 aliphatic heterocycles. The van der Waals surface area contributed by atoms with Crippen molar-refractivity contribution >= 4 is 16.9 Å². The van der Waals surface area contributed by atoms with E-state index in [2.05, 4.69) is 20.4 Å². The fourth-order valence-electron chi connectivity index (χ4n) is 3.09. The van der Waals surface area contributed by atoms with Gasteiger partial charge in [-0.1, -0.05) is 18.2 Å². The summed E-state index contributed by atoms with van der Waals surface area (Å²) in [5.41, 5.74) is 1.03. The summed E-state index contributed by atoms with van der Waals surface area (Å²) in [5.74, 6) is 1.36. The SMILES string of the molecule is O[C@H]1CC[C@H](Nc2nccc(-n3ncc4ccccc43)n2)CC1. The van der Waals surface area contributed by atoms with E-state index in [9.17, 15) is 5.11 Å². The van der Waals surface area contributed by atoms with Crippen molar-refractivity contribution in [3.8, 4) is 5.82 Å². The molecule has 6 nitrogen and oxygen atoms in total. The van der Waals surface area contributed by atoms with Gasteiger partial charge in [-0.2, -0.15) is 10.1 Å². The van der Waals surface area contributed by atoms with Gasteiger partial charge in [0, 0.05) is 23.7 Å². The average molecular weight is 309 g/mol. The second kappa shape index (κ2) is 5.96. The molecule has 0 saturated heterocycles. The third-order valence-electron chi connectivity index (χ3n) is 4.37. The van der Waals surface area contributed by atoms with Crippen LogP contribution in [0.3, 0.4) is 0 Å². The van der Waals surface area contributed by atoms with Crippen LogP contribution in [-0.4, -0.2) is 37.0 Å². The van der Waals surface area contributed by atoms with Gasteiger partial charge in [0.1, 0.15) is 0 Å². The first-order chi connectivity index (χ1) is 11.3. The van der Waals surface area contributed by atoms with Crippen molar-refractivity contribution in [2.24, 2.45) is 0 Å². The monoisotopic (exact) mass is 309 g/mol. The van der Waals surface area contributed by atoms with Crippen LogP contribution in [0.1, 0.15) is 25.7 Å². The number of benzene rings is 1. The molecule has 1 saturated carbocycles. The Hall–Kier alpha value is -2.47. The maximum atomic E-state index is 9.59. The number of aromatic nitrogens is 4. The van der Waals surface area contributed by atoms with Crippen LogP contribution in [0.4, 0.5) is 5.95 Å². The lowest BCUT2D eigenvalue weighted by molar-refractivity contribution is 0.126. The van der Waals surface area contributed by atoms with Gasteiger partial charge in [-0.3, -0.25) is 0 Å². The molecule has 2 aromatic heterocycles. The molecule has 6 heteroatoms. The van der Waals surface area contributed by atoms with E-state index in [0.29, 0.717) is 12.0 Å². The molecule has 0 unspecified atom stereocenters. The predicted octanol–water partition coefficient (Wildman–Crippen LogP) is 2.53. The van der Waals surface area contributed by atoms with E-state index < -0.39 is 0 Å². The Morgan fingerprint density at radius 3 is 2.78 bits per heavy atom. The van der Waals surface area contributed by atoms with E-state index in [1.807, 2.05) is 41.2 Å². The maximum absolute atomic E-state index is 9.59. The topological polar surface area (TPSA) is 75.9 Å². The van der Waals surface area contributed by atoms with E-state index in [1.54, 1.807) is 6.20 Å². The summed E-state index contributed by atoms with van der Waals surface area (Å²) in [7, 11) is 0. The summed E-state index contributed by atoms with van der Waals surface area (Å²) in [6.45, 7) is 0. The second-order valence-corrected chi connectivity index (χ2v) is 6.00. The zero-order valence-electron chi connectivity index (χ0n) is 12.8. The van der Waals surface area contributed by atoms with Crippen LogP contribution in [0.25, 0.3) is 16.7 Å². The summed E-state index contributed by atoms with van der Waals surface area (Å²) >= 11 is 0. The molecule has 0 amide bonds. The first-order valence-corrected chi connectivity index (χ1v) is 8.00. The Bertz CT molecular complexity index is 807. The molecule has 0 radical (unpaired) electrons. The van der Waals surface area contributed by atoms with Crippen LogP contribution in [0.5, 0.6) is 0 Å². The maximum Gasteiger partial charge on any atom is 0.224 e. The van der Waals surface area contributed by atoms with Gasteiger partial charge in [0.2, 0.25) is 5.95 Å². The molecule has 1 fully saturated rings. The smallest absolute Gasteiger partial charge is 0.224 e. The van der Waals surface area contributed by atoms with Gasteiger partial charge in [0.15, 0.2) is 5.82 Å². The lowest BCUT2D eigenvalue weighted by atomic mass is 9.93. The van der Waals surface area contributed by atoms with E-state index >= 15 is 0 Å². The summed E-state index contributed by atoms with van der Waals surface area (Å²) in [4.78, 5) is 8.91. The standard InChI is InChI=1S/C17H19N5O/c23-14-7-5-13(6-8-14)20-17-18-10-9-16(21-17)22-15-4-2-1-3-12(15)11-19-22/h1-4,9-11,13-14,23H,5-8H2,(H,18,20,21)/t13-,14-. The van der Waals surface area contributed by atoms with Crippen molar-refractivity contribution in [3.63, 3.8) is 0 Å². The number of anilines is 1. The number of aliphatic hydroxyl groups excluding tert-OH is 1. The van der Waals surface area contributed by atoms with E-state index in [1.165, 1.54) is 0 Å². The van der Waals surface area contributed by atoms with Crippen LogP contribution in [0.2, 0.25) is 0 Å². The van der Waals surface area contributed by atoms with Crippen LogP contribution in [-0.2, 0) is 0 Å². The zero-order valence-corrected chi connectivity index (χ0v) is 12.8. The van der Waals surface area contributed by atoms with Gasteiger partial charge in [-0.05, 0) is 31.7 Å². The second-order valence-electron chi connectivity index (χ2n) is 6.00. The van der Waals surface area contributed by atoms with Crippen molar-refractivity contribution in [3.05, 3.63) is 42.7 Å². The molecule has 3 aromatic rings. The number of hydrogen-bond acceptors (Lipinski definition) is 5. The first kappa shape index (κ1) is 14.1. The van der Waals surface area contributed by atoms with Crippen molar-refractivity contribution in [2.45, 2.75) is 37.8 Å². The van der Waals surface area contributed by atoms with Gasteiger partial charge in [0.25, 0.3) is 0 Å². The lowest BCUT2D eigenvalue weighted by Crippen LogP contribution is -2.29. The minimum atomic E-state index is -0.157. The largest absolute Gasteiger partial charge is 0.393 e. The van der Waals surface area contributed by atoms with Crippen molar-refractivity contribution in [1.29, 1.82) is 0 Å². The first-order valence-electron chi connectivity index (χ1n) is 8.00. The molecule has 118 valence electrons. The lowest BCUT2D eigenvalue weighted by Gasteiger charge is -2.26. The van der Waals surface area contributed by atoms with Crippen molar-refractivity contribution in [2.75, 3.05) is 5.32 Å². The van der Waals surface area contributed by atoms with E-state index in [-0.39, 0.29) is 6.10 Å². The van der Waals surface area contributed by atoms with Crippen LogP contribution in [0.15, 0.2) is 42.7 Å². The third-order valence-corrected chi connectivity index (χ3v) is 4.37. The van der Waals surface area contributed by atoms with E-state index in [4.69, 9.17) is 0 Å². The number of rotatable bonds is 3. The minimum Gasteiger partial charge on any atom is -0.393 e. The Labute approximate surface area is 134 Å². The summed E-state index contributed by atoms with van der Waals surface area (Å²) in [5, 5.41) is 18.5. The molecule has 2 N–H and O–H groups in total. The highest BCUT2D eigenvalue weighted by atomic mass is 16.3. The number of nitrogens with zero attached hydrogens (tertiary/aromatic N) is 4. The molecule has 4 rings (SSSR count). The number of aliphatic hydroxyl groups is 1. The fraction of sp³-hybridized carbons (Fsp3) is 0.353. The predicted molar refractivity (Wildman–Crippen MR) is 88.5 cm³/mol. The molecule has 1 aliphatic rings. The van der Waals surface area contributed by atoms with Gasteiger partial charge in [-0.25, -0.2) is 9.67 Å².